The van der Waals surface area contributed by atoms with Gasteiger partial charge >= 0.3 is 0 Å². The molecule has 0 aromatic heterocycles. The number of thiocarbonyl (C=S) groups is 1. The van der Waals surface area contributed by atoms with Gasteiger partial charge in [0.2, 0.25) is 5.75 Å². The van der Waals surface area contributed by atoms with Crippen LogP contribution in [0.5, 0.6) is 23.0 Å². The summed E-state index contributed by atoms with van der Waals surface area (Å²) in [5.74, 6) is 1.18. The Morgan fingerprint density at radius 3 is 2.24 bits per heavy atom. The van der Waals surface area contributed by atoms with Gasteiger partial charge in [-0.25, -0.2) is 0 Å². The molecule has 8 heteroatoms. The molecule has 0 bridgehead atoms. The molecule has 0 radical (unpaired) electrons. The minimum Gasteiger partial charge on any atom is -0.502 e. The van der Waals surface area contributed by atoms with Gasteiger partial charge in [-0.3, -0.25) is 5.43 Å². The van der Waals surface area contributed by atoms with Gasteiger partial charge in [0.05, 0.1) is 33.2 Å². The third-order valence-corrected chi connectivity index (χ3v) is 3.43. The van der Waals surface area contributed by atoms with Gasteiger partial charge in [-0.15, -0.1) is 0 Å². The second kappa shape index (κ2) is 8.74. The molecule has 0 atom stereocenters. The van der Waals surface area contributed by atoms with Gasteiger partial charge in [-0.1, -0.05) is 12.1 Å². The highest BCUT2D eigenvalue weighted by Gasteiger charge is 2.10. The zero-order valence-electron chi connectivity index (χ0n) is 14.1. The van der Waals surface area contributed by atoms with Crippen LogP contribution in [0.4, 0.5) is 5.69 Å². The Morgan fingerprint density at radius 1 is 1.04 bits per heavy atom. The van der Waals surface area contributed by atoms with Crippen LogP contribution in [0, 0.1) is 0 Å². The number of hydrazone groups is 1. The zero-order valence-corrected chi connectivity index (χ0v) is 14.9. The summed E-state index contributed by atoms with van der Waals surface area (Å²) in [6.45, 7) is 0. The van der Waals surface area contributed by atoms with Crippen molar-refractivity contribution < 1.29 is 19.3 Å². The highest BCUT2D eigenvalue weighted by Crippen LogP contribution is 2.36. The van der Waals surface area contributed by atoms with Gasteiger partial charge < -0.3 is 24.6 Å². The molecule has 0 amide bonds. The molecule has 0 spiro atoms. The molecule has 132 valence electrons. The molecule has 2 rings (SSSR count). The van der Waals surface area contributed by atoms with E-state index in [0.717, 1.165) is 5.69 Å². The smallest absolute Gasteiger partial charge is 0.200 e. The Bertz CT molecular complexity index is 755. The van der Waals surface area contributed by atoms with Crippen molar-refractivity contribution in [1.82, 2.24) is 5.43 Å². The fourth-order valence-electron chi connectivity index (χ4n) is 2.05. The number of nitrogens with zero attached hydrogens (tertiary/aromatic N) is 1. The van der Waals surface area contributed by atoms with Crippen molar-refractivity contribution in [2.24, 2.45) is 5.10 Å². The highest BCUT2D eigenvalue weighted by atomic mass is 32.1. The van der Waals surface area contributed by atoms with E-state index in [-0.39, 0.29) is 17.2 Å². The molecule has 0 aliphatic carbocycles. The number of hydrogen-bond donors (Lipinski definition) is 3. The summed E-state index contributed by atoms with van der Waals surface area (Å²) in [6, 6.07) is 10.6. The predicted molar refractivity (Wildman–Crippen MR) is 101 cm³/mol. The number of nitrogens with one attached hydrogen (secondary N) is 2. The quantitative estimate of drug-likeness (QED) is 0.414. The van der Waals surface area contributed by atoms with Crippen molar-refractivity contribution in [3.8, 4) is 23.0 Å². The van der Waals surface area contributed by atoms with Gasteiger partial charge in [0, 0.05) is 5.56 Å². The fourth-order valence-corrected chi connectivity index (χ4v) is 2.21. The van der Waals surface area contributed by atoms with E-state index in [4.69, 9.17) is 26.4 Å². The number of aromatic hydroxyl groups is 1. The number of phenols is 1. The number of anilines is 1. The summed E-state index contributed by atoms with van der Waals surface area (Å²) in [4.78, 5) is 0. The molecule has 0 aliphatic rings. The first-order chi connectivity index (χ1) is 12.1. The fraction of sp³-hybridized carbons (Fsp3) is 0.176. The monoisotopic (exact) mass is 361 g/mol. The molecule has 25 heavy (non-hydrogen) atoms. The van der Waals surface area contributed by atoms with E-state index in [9.17, 15) is 5.11 Å². The normalized spacial score (nSPS) is 10.4. The maximum Gasteiger partial charge on any atom is 0.200 e. The van der Waals surface area contributed by atoms with Crippen molar-refractivity contribution in [2.45, 2.75) is 0 Å². The summed E-state index contributed by atoms with van der Waals surface area (Å²) in [5.41, 5.74) is 4.10. The largest absolute Gasteiger partial charge is 0.502 e. The summed E-state index contributed by atoms with van der Waals surface area (Å²) in [5, 5.41) is 17.2. The molecular formula is C17H19N3O4S. The second-order valence-electron chi connectivity index (χ2n) is 4.80. The third-order valence-electron chi connectivity index (χ3n) is 3.24. The second-order valence-corrected chi connectivity index (χ2v) is 5.21. The van der Waals surface area contributed by atoms with Crippen LogP contribution in [0.3, 0.4) is 0 Å². The van der Waals surface area contributed by atoms with Gasteiger partial charge in [-0.2, -0.15) is 5.10 Å². The Morgan fingerprint density at radius 2 is 1.64 bits per heavy atom. The first-order valence-electron chi connectivity index (χ1n) is 7.27. The first kappa shape index (κ1) is 18.3. The Hall–Kier alpha value is -3.00. The van der Waals surface area contributed by atoms with Crippen molar-refractivity contribution in [3.63, 3.8) is 0 Å². The lowest BCUT2D eigenvalue weighted by atomic mass is 10.2. The number of benzene rings is 2. The minimum atomic E-state index is -0.0662. The van der Waals surface area contributed by atoms with E-state index in [1.165, 1.54) is 20.4 Å². The van der Waals surface area contributed by atoms with Gasteiger partial charge in [-0.05, 0) is 36.5 Å². The van der Waals surface area contributed by atoms with Crippen molar-refractivity contribution in [2.75, 3.05) is 26.6 Å². The van der Waals surface area contributed by atoms with Crippen LogP contribution in [0.2, 0.25) is 0 Å². The lowest BCUT2D eigenvalue weighted by molar-refractivity contribution is 0.340. The van der Waals surface area contributed by atoms with E-state index in [2.05, 4.69) is 15.8 Å². The molecule has 2 aromatic rings. The molecule has 0 unspecified atom stereocenters. The number of hydrogen-bond acceptors (Lipinski definition) is 6. The van der Waals surface area contributed by atoms with Crippen LogP contribution in [0.1, 0.15) is 5.56 Å². The molecule has 0 fully saturated rings. The van der Waals surface area contributed by atoms with E-state index >= 15 is 0 Å². The van der Waals surface area contributed by atoms with Crippen LogP contribution in [-0.2, 0) is 0 Å². The number of ether oxygens (including phenoxy) is 3. The van der Waals surface area contributed by atoms with E-state index in [1.54, 1.807) is 19.2 Å². The third kappa shape index (κ3) is 4.74. The molecule has 3 N–H and O–H groups in total. The van der Waals surface area contributed by atoms with Gasteiger partial charge in [0.1, 0.15) is 5.75 Å². The van der Waals surface area contributed by atoms with Crippen LogP contribution in [-0.4, -0.2) is 37.8 Å². The van der Waals surface area contributed by atoms with E-state index in [1.807, 2.05) is 24.3 Å². The van der Waals surface area contributed by atoms with Crippen molar-refractivity contribution in [1.29, 1.82) is 0 Å². The average Bonchev–Trinajstić information content (AvgIpc) is 2.63. The summed E-state index contributed by atoms with van der Waals surface area (Å²) >= 11 is 5.20. The number of phenolic OH excluding ortho intramolecular Hbond substituents is 1. The Balaban J connectivity index is 2.04. The lowest BCUT2D eigenvalue weighted by Gasteiger charge is -2.11. The highest BCUT2D eigenvalue weighted by molar-refractivity contribution is 7.80. The van der Waals surface area contributed by atoms with Gasteiger partial charge in [0.25, 0.3) is 0 Å². The van der Waals surface area contributed by atoms with Crippen LogP contribution < -0.4 is 25.0 Å². The van der Waals surface area contributed by atoms with Crippen LogP contribution in [0.15, 0.2) is 41.5 Å². The summed E-state index contributed by atoms with van der Waals surface area (Å²) in [7, 11) is 4.50. The molecule has 0 saturated heterocycles. The SMILES string of the molecule is COc1ccccc1NC(=S)N/N=C/c1cc(OC)c(O)c(OC)c1. The number of rotatable bonds is 6. The average molecular weight is 361 g/mol. The van der Waals surface area contributed by atoms with Crippen molar-refractivity contribution >= 4 is 29.2 Å². The molecule has 0 heterocycles. The summed E-state index contributed by atoms with van der Waals surface area (Å²) in [6.07, 6.45) is 1.53. The van der Waals surface area contributed by atoms with E-state index in [0.29, 0.717) is 16.4 Å². The first-order valence-corrected chi connectivity index (χ1v) is 7.68. The molecule has 0 aliphatic heterocycles. The molecule has 0 saturated carbocycles. The minimum absolute atomic E-state index is 0.0662. The molecular weight excluding hydrogens is 342 g/mol. The number of methoxy groups -OCH3 is 3. The molecule has 2 aromatic carbocycles. The van der Waals surface area contributed by atoms with Crippen LogP contribution >= 0.6 is 12.2 Å². The maximum atomic E-state index is 9.89. The summed E-state index contributed by atoms with van der Waals surface area (Å²) < 4.78 is 15.4. The van der Waals surface area contributed by atoms with Gasteiger partial charge in [0.15, 0.2) is 16.6 Å². The maximum absolute atomic E-state index is 9.89. The zero-order chi connectivity index (χ0) is 18.2. The number of para-hydroxylation sites is 2. The molecule has 7 nitrogen and oxygen atoms in total. The topological polar surface area (TPSA) is 84.3 Å². The van der Waals surface area contributed by atoms with Crippen molar-refractivity contribution in [3.05, 3.63) is 42.0 Å². The van der Waals surface area contributed by atoms with Crippen LogP contribution in [0.25, 0.3) is 0 Å². The Kier molecular flexibility index (Phi) is 6.41. The lowest BCUT2D eigenvalue weighted by Crippen LogP contribution is -2.24. The predicted octanol–water partition coefficient (Wildman–Crippen LogP) is 2.74. The Labute approximate surface area is 151 Å². The van der Waals surface area contributed by atoms with E-state index < -0.39 is 0 Å². The standard InChI is InChI=1S/C17H19N3O4S/c1-22-13-7-5-4-6-12(13)19-17(25)20-18-10-11-8-14(23-2)16(21)15(9-11)24-3/h4-10,21H,1-3H3,(H2,19,20,25)/b18-10+.